The minimum Gasteiger partial charge on any atom is -0.377 e. The average Bonchev–Trinajstić information content (AvgIpc) is 2.67. The molecule has 0 fully saturated rings. The zero-order chi connectivity index (χ0) is 14.9. The molecule has 0 amide bonds. The highest BCUT2D eigenvalue weighted by atomic mass is 32.1. The number of hydrogen-bond acceptors (Lipinski definition) is 5. The second-order valence-electron chi connectivity index (χ2n) is 4.86. The van der Waals surface area contributed by atoms with E-state index < -0.39 is 0 Å². The van der Waals surface area contributed by atoms with Gasteiger partial charge in [-0.2, -0.15) is 0 Å². The van der Waals surface area contributed by atoms with Crippen LogP contribution in [0.1, 0.15) is 34.1 Å². The normalized spacial score (nSPS) is 12.2. The number of aryl methyl sites for hydroxylation is 3. The summed E-state index contributed by atoms with van der Waals surface area (Å²) in [6, 6.07) is 5.11. The maximum atomic E-state index is 10.9. The zero-order valence-electron chi connectivity index (χ0n) is 11.9. The Balaban J connectivity index is 2.25. The molecule has 5 nitrogen and oxygen atoms in total. The van der Waals surface area contributed by atoms with Crippen LogP contribution >= 0.6 is 11.3 Å². The molecule has 0 aliphatic heterocycles. The number of nitro groups is 1. The summed E-state index contributed by atoms with van der Waals surface area (Å²) >= 11 is 1.65. The summed E-state index contributed by atoms with van der Waals surface area (Å²) < 4.78 is 0. The SMILES string of the molecule is Cc1cc(NC(C)c2sc(C)nc2C)cc([N+](=O)[O-])c1. The van der Waals surface area contributed by atoms with Gasteiger partial charge in [0.05, 0.1) is 21.7 Å². The summed E-state index contributed by atoms with van der Waals surface area (Å²) in [4.78, 5) is 16.1. The summed E-state index contributed by atoms with van der Waals surface area (Å²) in [6.07, 6.45) is 0. The maximum Gasteiger partial charge on any atom is 0.271 e. The molecule has 0 aliphatic rings. The van der Waals surface area contributed by atoms with E-state index in [1.54, 1.807) is 23.5 Å². The van der Waals surface area contributed by atoms with Crippen molar-refractivity contribution in [3.05, 3.63) is 49.5 Å². The number of nitro benzene ring substituents is 1. The van der Waals surface area contributed by atoms with E-state index in [0.717, 1.165) is 26.8 Å². The fourth-order valence-corrected chi connectivity index (χ4v) is 3.15. The van der Waals surface area contributed by atoms with Crippen molar-refractivity contribution < 1.29 is 4.92 Å². The Kier molecular flexibility index (Phi) is 4.04. The van der Waals surface area contributed by atoms with Gasteiger partial charge in [0.25, 0.3) is 5.69 Å². The lowest BCUT2D eigenvalue weighted by Crippen LogP contribution is -2.06. The molecular formula is C14H17N3O2S. The standard InChI is InChI=1S/C14H17N3O2S/c1-8-5-12(7-13(6-8)17(18)19)16-10(3)14-9(2)15-11(4)20-14/h5-7,10,16H,1-4H3. The first-order valence-electron chi connectivity index (χ1n) is 6.33. The van der Waals surface area contributed by atoms with Gasteiger partial charge in [-0.25, -0.2) is 4.98 Å². The van der Waals surface area contributed by atoms with E-state index in [-0.39, 0.29) is 16.7 Å². The van der Waals surface area contributed by atoms with Crippen molar-refractivity contribution in [2.45, 2.75) is 33.7 Å². The number of aromatic nitrogens is 1. The smallest absolute Gasteiger partial charge is 0.271 e. The molecule has 0 saturated heterocycles. The molecule has 0 spiro atoms. The van der Waals surface area contributed by atoms with Gasteiger partial charge in [-0.1, -0.05) is 0 Å². The minimum atomic E-state index is -0.370. The third kappa shape index (κ3) is 3.14. The highest BCUT2D eigenvalue weighted by molar-refractivity contribution is 7.11. The van der Waals surface area contributed by atoms with Gasteiger partial charge >= 0.3 is 0 Å². The first kappa shape index (κ1) is 14.5. The van der Waals surface area contributed by atoms with Crippen LogP contribution in [0.4, 0.5) is 11.4 Å². The lowest BCUT2D eigenvalue weighted by Gasteiger charge is -2.14. The number of non-ortho nitro benzene ring substituents is 1. The number of nitrogens with zero attached hydrogens (tertiary/aromatic N) is 2. The van der Waals surface area contributed by atoms with Crippen LogP contribution in [-0.4, -0.2) is 9.91 Å². The monoisotopic (exact) mass is 291 g/mol. The Morgan fingerprint density at radius 2 is 2.00 bits per heavy atom. The Morgan fingerprint density at radius 3 is 2.55 bits per heavy atom. The minimum absolute atomic E-state index is 0.0719. The van der Waals surface area contributed by atoms with Crippen molar-refractivity contribution in [2.75, 3.05) is 5.32 Å². The third-order valence-corrected chi connectivity index (χ3v) is 4.24. The van der Waals surface area contributed by atoms with Crippen LogP contribution in [0.5, 0.6) is 0 Å². The van der Waals surface area contributed by atoms with Gasteiger partial charge in [0.15, 0.2) is 0 Å². The largest absolute Gasteiger partial charge is 0.377 e. The van der Waals surface area contributed by atoms with Crippen molar-refractivity contribution in [1.82, 2.24) is 4.98 Å². The predicted octanol–water partition coefficient (Wildman–Crippen LogP) is 4.15. The van der Waals surface area contributed by atoms with E-state index in [1.165, 1.54) is 0 Å². The van der Waals surface area contributed by atoms with Crippen molar-refractivity contribution in [2.24, 2.45) is 0 Å². The fraction of sp³-hybridized carbons (Fsp3) is 0.357. The molecule has 6 heteroatoms. The van der Waals surface area contributed by atoms with Crippen molar-refractivity contribution >= 4 is 22.7 Å². The maximum absolute atomic E-state index is 10.9. The Hall–Kier alpha value is -1.95. The molecule has 0 bridgehead atoms. The van der Waals surface area contributed by atoms with Gasteiger partial charge in [0.1, 0.15) is 0 Å². The van der Waals surface area contributed by atoms with Crippen LogP contribution in [0, 0.1) is 30.9 Å². The highest BCUT2D eigenvalue weighted by Gasteiger charge is 2.14. The molecule has 1 unspecified atom stereocenters. The number of rotatable bonds is 4. The molecule has 1 N–H and O–H groups in total. The molecule has 20 heavy (non-hydrogen) atoms. The number of hydrogen-bond donors (Lipinski definition) is 1. The molecule has 0 aliphatic carbocycles. The van der Waals surface area contributed by atoms with Crippen molar-refractivity contribution in [3.8, 4) is 0 Å². The quantitative estimate of drug-likeness (QED) is 0.678. The topological polar surface area (TPSA) is 68.1 Å². The van der Waals surface area contributed by atoms with Gasteiger partial charge in [-0.05, 0) is 39.3 Å². The average molecular weight is 291 g/mol. The molecule has 1 aromatic heterocycles. The molecule has 0 radical (unpaired) electrons. The molecule has 106 valence electrons. The van der Waals surface area contributed by atoms with Gasteiger partial charge in [0.2, 0.25) is 0 Å². The van der Waals surface area contributed by atoms with Crippen LogP contribution in [-0.2, 0) is 0 Å². The summed E-state index contributed by atoms with van der Waals surface area (Å²) in [5.41, 5.74) is 2.74. The van der Waals surface area contributed by atoms with E-state index in [9.17, 15) is 10.1 Å². The molecule has 2 rings (SSSR count). The number of thiazole rings is 1. The Bertz CT molecular complexity index is 652. The van der Waals surface area contributed by atoms with E-state index in [0.29, 0.717) is 0 Å². The van der Waals surface area contributed by atoms with Crippen LogP contribution in [0.15, 0.2) is 18.2 Å². The molecule has 1 atom stereocenters. The van der Waals surface area contributed by atoms with E-state index >= 15 is 0 Å². The number of anilines is 1. The Labute approximate surface area is 121 Å². The highest BCUT2D eigenvalue weighted by Crippen LogP contribution is 2.29. The van der Waals surface area contributed by atoms with Gasteiger partial charge in [-0.15, -0.1) is 11.3 Å². The second kappa shape index (κ2) is 5.58. The lowest BCUT2D eigenvalue weighted by atomic mass is 10.1. The molecular weight excluding hydrogens is 274 g/mol. The predicted molar refractivity (Wildman–Crippen MR) is 81.5 cm³/mol. The molecule has 2 aromatic rings. The number of nitrogens with one attached hydrogen (secondary N) is 1. The Morgan fingerprint density at radius 1 is 1.30 bits per heavy atom. The molecule has 1 heterocycles. The van der Waals surface area contributed by atoms with Gasteiger partial charge in [-0.3, -0.25) is 10.1 Å². The van der Waals surface area contributed by atoms with Gasteiger partial charge in [0, 0.05) is 22.7 Å². The zero-order valence-corrected chi connectivity index (χ0v) is 12.7. The first-order valence-corrected chi connectivity index (χ1v) is 7.15. The van der Waals surface area contributed by atoms with Crippen LogP contribution in [0.2, 0.25) is 0 Å². The van der Waals surface area contributed by atoms with E-state index in [1.807, 2.05) is 33.8 Å². The van der Waals surface area contributed by atoms with Crippen LogP contribution < -0.4 is 5.32 Å². The summed E-state index contributed by atoms with van der Waals surface area (Å²) in [7, 11) is 0. The first-order chi connectivity index (χ1) is 9.36. The van der Waals surface area contributed by atoms with Crippen molar-refractivity contribution in [1.29, 1.82) is 0 Å². The summed E-state index contributed by atoms with van der Waals surface area (Å²) in [5.74, 6) is 0. The lowest BCUT2D eigenvalue weighted by molar-refractivity contribution is -0.384. The van der Waals surface area contributed by atoms with Crippen molar-refractivity contribution in [3.63, 3.8) is 0 Å². The van der Waals surface area contributed by atoms with Gasteiger partial charge < -0.3 is 5.32 Å². The summed E-state index contributed by atoms with van der Waals surface area (Å²) in [5, 5.41) is 15.2. The third-order valence-electron chi connectivity index (χ3n) is 2.99. The van der Waals surface area contributed by atoms with Crippen LogP contribution in [0.25, 0.3) is 0 Å². The fourth-order valence-electron chi connectivity index (χ4n) is 2.22. The van der Waals surface area contributed by atoms with E-state index in [2.05, 4.69) is 10.3 Å². The summed E-state index contributed by atoms with van der Waals surface area (Å²) in [6.45, 7) is 7.85. The molecule has 0 saturated carbocycles. The van der Waals surface area contributed by atoms with E-state index in [4.69, 9.17) is 0 Å². The molecule has 1 aromatic carbocycles. The second-order valence-corrected chi connectivity index (χ2v) is 6.10. The van der Waals surface area contributed by atoms with Crippen LogP contribution in [0.3, 0.4) is 0 Å². The number of benzene rings is 1.